The molecule has 0 aromatic carbocycles. The molecular weight excluding hydrogens is 210 g/mol. The fraction of sp³-hybridized carbons (Fsp3) is 0.545. The van der Waals surface area contributed by atoms with Crippen molar-refractivity contribution >= 4 is 11.6 Å². The minimum atomic E-state index is 0.564. The number of pyridine rings is 1. The van der Waals surface area contributed by atoms with Crippen LogP contribution < -0.4 is 5.32 Å². The van der Waals surface area contributed by atoms with Crippen LogP contribution in [-0.4, -0.2) is 35.6 Å². The smallest absolute Gasteiger partial charge is 0.133 e. The van der Waals surface area contributed by atoms with E-state index in [4.69, 9.17) is 11.6 Å². The Morgan fingerprint density at radius 2 is 2.53 bits per heavy atom. The van der Waals surface area contributed by atoms with Gasteiger partial charge in [0.15, 0.2) is 0 Å². The van der Waals surface area contributed by atoms with E-state index in [1.165, 1.54) is 0 Å². The summed E-state index contributed by atoms with van der Waals surface area (Å²) in [6.45, 7) is 6.32. The van der Waals surface area contributed by atoms with Gasteiger partial charge < -0.3 is 5.32 Å². The molecule has 1 aromatic rings. The number of aromatic nitrogens is 1. The van der Waals surface area contributed by atoms with Crippen LogP contribution in [0.4, 0.5) is 0 Å². The summed E-state index contributed by atoms with van der Waals surface area (Å²) in [5.41, 5.74) is 1.12. The quantitative estimate of drug-likeness (QED) is 0.774. The fourth-order valence-electron chi connectivity index (χ4n) is 1.93. The van der Waals surface area contributed by atoms with Gasteiger partial charge in [-0.3, -0.25) is 4.90 Å². The topological polar surface area (TPSA) is 28.2 Å². The van der Waals surface area contributed by atoms with E-state index in [-0.39, 0.29) is 0 Å². The zero-order valence-electron chi connectivity index (χ0n) is 8.91. The lowest BCUT2D eigenvalue weighted by molar-refractivity contribution is 0.199. The van der Waals surface area contributed by atoms with E-state index in [1.807, 2.05) is 12.1 Å². The Morgan fingerprint density at radius 3 is 3.27 bits per heavy atom. The molecule has 1 aromatic heterocycles. The van der Waals surface area contributed by atoms with Crippen LogP contribution in [0, 0.1) is 0 Å². The van der Waals surface area contributed by atoms with E-state index in [0.717, 1.165) is 31.7 Å². The Hall–Kier alpha value is -0.640. The molecule has 2 rings (SSSR count). The van der Waals surface area contributed by atoms with Crippen LogP contribution >= 0.6 is 11.6 Å². The number of hydrogen-bond donors (Lipinski definition) is 1. The zero-order valence-corrected chi connectivity index (χ0v) is 9.67. The summed E-state index contributed by atoms with van der Waals surface area (Å²) in [6.07, 6.45) is 1.73. The third-order valence-electron chi connectivity index (χ3n) is 2.68. The molecule has 0 aliphatic carbocycles. The van der Waals surface area contributed by atoms with Crippen molar-refractivity contribution in [2.75, 3.05) is 19.6 Å². The number of nitrogens with zero attached hydrogens (tertiary/aromatic N) is 2. The molecule has 2 heterocycles. The van der Waals surface area contributed by atoms with Crippen LogP contribution in [0.3, 0.4) is 0 Å². The van der Waals surface area contributed by atoms with Crippen molar-refractivity contribution in [1.29, 1.82) is 0 Å². The molecule has 1 atom stereocenters. The van der Waals surface area contributed by atoms with Crippen molar-refractivity contribution in [1.82, 2.24) is 15.2 Å². The van der Waals surface area contributed by atoms with E-state index in [0.29, 0.717) is 11.2 Å². The molecule has 15 heavy (non-hydrogen) atoms. The Kier molecular flexibility index (Phi) is 3.57. The molecule has 82 valence electrons. The molecule has 1 N–H and O–H groups in total. The summed E-state index contributed by atoms with van der Waals surface area (Å²) >= 11 is 6.03. The minimum absolute atomic E-state index is 0.564. The van der Waals surface area contributed by atoms with E-state index in [9.17, 15) is 0 Å². The van der Waals surface area contributed by atoms with Gasteiger partial charge in [0.25, 0.3) is 0 Å². The first-order chi connectivity index (χ1) is 7.25. The van der Waals surface area contributed by atoms with Crippen molar-refractivity contribution < 1.29 is 0 Å². The average Bonchev–Trinajstić information content (AvgIpc) is 2.22. The second-order valence-electron chi connectivity index (χ2n) is 4.04. The first-order valence-electron chi connectivity index (χ1n) is 5.31. The lowest BCUT2D eigenvalue weighted by atomic mass is 10.2. The van der Waals surface area contributed by atoms with Gasteiger partial charge in [-0.25, -0.2) is 4.98 Å². The van der Waals surface area contributed by atoms with Crippen LogP contribution in [0.25, 0.3) is 0 Å². The SMILES string of the molecule is C[C@H]1CN(Cc2cccnc2Cl)CCN1. The van der Waals surface area contributed by atoms with Gasteiger partial charge in [0.2, 0.25) is 0 Å². The average molecular weight is 226 g/mol. The summed E-state index contributed by atoms with van der Waals surface area (Å²) in [7, 11) is 0. The molecule has 0 unspecified atom stereocenters. The normalized spacial score (nSPS) is 22.9. The van der Waals surface area contributed by atoms with E-state index in [1.54, 1.807) is 6.20 Å². The van der Waals surface area contributed by atoms with Crippen molar-refractivity contribution in [3.05, 3.63) is 29.0 Å². The predicted octanol–water partition coefficient (Wildman–Crippen LogP) is 1.53. The lowest BCUT2D eigenvalue weighted by Crippen LogP contribution is -2.48. The van der Waals surface area contributed by atoms with Gasteiger partial charge in [-0.2, -0.15) is 0 Å². The molecule has 0 saturated carbocycles. The number of nitrogens with one attached hydrogen (secondary N) is 1. The van der Waals surface area contributed by atoms with Crippen LogP contribution in [0.15, 0.2) is 18.3 Å². The highest BCUT2D eigenvalue weighted by molar-refractivity contribution is 6.30. The van der Waals surface area contributed by atoms with E-state index >= 15 is 0 Å². The Morgan fingerprint density at radius 1 is 1.67 bits per heavy atom. The molecule has 0 radical (unpaired) electrons. The third kappa shape index (κ3) is 2.91. The molecule has 0 amide bonds. The van der Waals surface area contributed by atoms with E-state index < -0.39 is 0 Å². The van der Waals surface area contributed by atoms with Gasteiger partial charge >= 0.3 is 0 Å². The van der Waals surface area contributed by atoms with Crippen LogP contribution in [0.5, 0.6) is 0 Å². The standard InChI is InChI=1S/C11H16ClN3/c1-9-7-15(6-5-13-9)8-10-3-2-4-14-11(10)12/h2-4,9,13H,5-8H2,1H3/t9-/m0/s1. The molecule has 1 aliphatic heterocycles. The molecule has 0 spiro atoms. The minimum Gasteiger partial charge on any atom is -0.312 e. The first kappa shape index (κ1) is 10.9. The maximum atomic E-state index is 6.03. The Bertz CT molecular complexity index is 329. The second-order valence-corrected chi connectivity index (χ2v) is 4.40. The van der Waals surface area contributed by atoms with Crippen molar-refractivity contribution in [3.63, 3.8) is 0 Å². The number of hydrogen-bond acceptors (Lipinski definition) is 3. The van der Waals surface area contributed by atoms with Gasteiger partial charge in [-0.05, 0) is 13.0 Å². The fourth-order valence-corrected chi connectivity index (χ4v) is 2.11. The molecular formula is C11H16ClN3. The summed E-state index contributed by atoms with van der Waals surface area (Å²) < 4.78 is 0. The summed E-state index contributed by atoms with van der Waals surface area (Å²) in [6, 6.07) is 4.55. The lowest BCUT2D eigenvalue weighted by Gasteiger charge is -2.31. The molecule has 4 heteroatoms. The first-order valence-corrected chi connectivity index (χ1v) is 5.68. The van der Waals surface area contributed by atoms with Gasteiger partial charge in [0, 0.05) is 44.0 Å². The van der Waals surface area contributed by atoms with Gasteiger partial charge in [-0.15, -0.1) is 0 Å². The van der Waals surface area contributed by atoms with Crippen molar-refractivity contribution in [3.8, 4) is 0 Å². The monoisotopic (exact) mass is 225 g/mol. The Labute approximate surface area is 95.4 Å². The van der Waals surface area contributed by atoms with Crippen LogP contribution in [0.1, 0.15) is 12.5 Å². The molecule has 1 aliphatic rings. The summed E-state index contributed by atoms with van der Waals surface area (Å²) in [4.78, 5) is 6.49. The second kappa shape index (κ2) is 4.92. The number of halogens is 1. The molecule has 1 saturated heterocycles. The maximum Gasteiger partial charge on any atom is 0.133 e. The van der Waals surface area contributed by atoms with Gasteiger partial charge in [0.1, 0.15) is 5.15 Å². The zero-order chi connectivity index (χ0) is 10.7. The largest absolute Gasteiger partial charge is 0.312 e. The third-order valence-corrected chi connectivity index (χ3v) is 3.02. The van der Waals surface area contributed by atoms with Gasteiger partial charge in [0.05, 0.1) is 0 Å². The molecule has 0 bridgehead atoms. The number of piperazine rings is 1. The van der Waals surface area contributed by atoms with Crippen molar-refractivity contribution in [2.24, 2.45) is 0 Å². The van der Waals surface area contributed by atoms with Crippen molar-refractivity contribution in [2.45, 2.75) is 19.5 Å². The Balaban J connectivity index is 1.99. The highest BCUT2D eigenvalue weighted by atomic mass is 35.5. The van der Waals surface area contributed by atoms with Crippen LogP contribution in [-0.2, 0) is 6.54 Å². The van der Waals surface area contributed by atoms with E-state index in [2.05, 4.69) is 22.1 Å². The summed E-state index contributed by atoms with van der Waals surface area (Å²) in [5.74, 6) is 0. The maximum absolute atomic E-state index is 6.03. The highest BCUT2D eigenvalue weighted by Crippen LogP contribution is 2.14. The highest BCUT2D eigenvalue weighted by Gasteiger charge is 2.16. The molecule has 1 fully saturated rings. The predicted molar refractivity (Wildman–Crippen MR) is 62.0 cm³/mol. The number of rotatable bonds is 2. The van der Waals surface area contributed by atoms with Crippen LogP contribution in [0.2, 0.25) is 5.15 Å². The summed E-state index contributed by atoms with van der Waals surface area (Å²) in [5, 5.41) is 4.05. The van der Waals surface area contributed by atoms with Gasteiger partial charge in [-0.1, -0.05) is 17.7 Å². The molecule has 3 nitrogen and oxygen atoms in total.